The van der Waals surface area contributed by atoms with Gasteiger partial charge >= 0.3 is 5.97 Å². The molecule has 116 valence electrons. The summed E-state index contributed by atoms with van der Waals surface area (Å²) < 4.78 is 1.63. The zero-order chi connectivity index (χ0) is 15.8. The number of amides is 1. The first-order valence-corrected chi connectivity index (χ1v) is 7.21. The Morgan fingerprint density at radius 1 is 1.18 bits per heavy atom. The molecule has 1 amide bonds. The number of anilines is 1. The second kappa shape index (κ2) is 7.97. The molecule has 2 rings (SSSR count). The van der Waals surface area contributed by atoms with E-state index in [1.807, 2.05) is 30.3 Å². The monoisotopic (exact) mass is 301 g/mol. The van der Waals surface area contributed by atoms with Gasteiger partial charge in [-0.25, -0.2) is 0 Å². The highest BCUT2D eigenvalue weighted by atomic mass is 16.4. The molecule has 0 aliphatic heterocycles. The fraction of sp³-hybridized carbons (Fsp3) is 0.312. The summed E-state index contributed by atoms with van der Waals surface area (Å²) in [6.07, 6.45) is 5.01. The molecule has 6 nitrogen and oxygen atoms in total. The summed E-state index contributed by atoms with van der Waals surface area (Å²) in [5.41, 5.74) is 1.76. The maximum Gasteiger partial charge on any atom is 0.303 e. The summed E-state index contributed by atoms with van der Waals surface area (Å²) in [6, 6.07) is 9.84. The van der Waals surface area contributed by atoms with E-state index in [9.17, 15) is 9.59 Å². The van der Waals surface area contributed by atoms with Crippen molar-refractivity contribution in [1.29, 1.82) is 0 Å². The Morgan fingerprint density at radius 3 is 2.68 bits per heavy atom. The highest BCUT2D eigenvalue weighted by Gasteiger charge is 2.05. The van der Waals surface area contributed by atoms with Crippen LogP contribution in [0.1, 0.15) is 24.8 Å². The molecule has 0 unspecified atom stereocenters. The minimum absolute atomic E-state index is 0.0612. The lowest BCUT2D eigenvalue weighted by Crippen LogP contribution is -2.11. The Morgan fingerprint density at radius 2 is 1.95 bits per heavy atom. The van der Waals surface area contributed by atoms with Crippen LogP contribution in [0.4, 0.5) is 5.69 Å². The SMILES string of the molecule is O=C(O)CCCn1cc(NC(=O)CCc2ccccc2)cn1. The summed E-state index contributed by atoms with van der Waals surface area (Å²) >= 11 is 0. The molecule has 0 atom stereocenters. The van der Waals surface area contributed by atoms with Crippen molar-refractivity contribution in [2.24, 2.45) is 0 Å². The number of carboxylic acid groups (broad SMARTS) is 1. The number of carbonyl (C=O) groups is 2. The van der Waals surface area contributed by atoms with Crippen molar-refractivity contribution in [2.75, 3.05) is 5.32 Å². The first-order valence-electron chi connectivity index (χ1n) is 7.21. The van der Waals surface area contributed by atoms with E-state index in [-0.39, 0.29) is 12.3 Å². The maximum atomic E-state index is 11.9. The van der Waals surface area contributed by atoms with E-state index in [0.717, 1.165) is 5.56 Å². The van der Waals surface area contributed by atoms with Crippen molar-refractivity contribution in [3.8, 4) is 0 Å². The number of aryl methyl sites for hydroxylation is 2. The minimum atomic E-state index is -0.818. The molecule has 0 radical (unpaired) electrons. The van der Waals surface area contributed by atoms with Gasteiger partial charge in [0.05, 0.1) is 11.9 Å². The van der Waals surface area contributed by atoms with Crippen LogP contribution in [0.5, 0.6) is 0 Å². The number of nitrogens with zero attached hydrogens (tertiary/aromatic N) is 2. The van der Waals surface area contributed by atoms with Gasteiger partial charge in [0.15, 0.2) is 0 Å². The Bertz CT molecular complexity index is 623. The summed E-state index contributed by atoms with van der Waals surface area (Å²) in [4.78, 5) is 22.3. The Balaban J connectivity index is 1.75. The smallest absolute Gasteiger partial charge is 0.303 e. The Labute approximate surface area is 128 Å². The molecule has 0 aliphatic rings. The van der Waals surface area contributed by atoms with Gasteiger partial charge in [-0.3, -0.25) is 14.3 Å². The van der Waals surface area contributed by atoms with Gasteiger partial charge in [0.1, 0.15) is 0 Å². The fourth-order valence-electron chi connectivity index (χ4n) is 2.07. The molecule has 0 spiro atoms. The normalized spacial score (nSPS) is 10.4. The number of aromatic nitrogens is 2. The lowest BCUT2D eigenvalue weighted by Gasteiger charge is -2.03. The highest BCUT2D eigenvalue weighted by molar-refractivity contribution is 5.90. The van der Waals surface area contributed by atoms with Crippen molar-refractivity contribution in [3.05, 3.63) is 48.3 Å². The fourth-order valence-corrected chi connectivity index (χ4v) is 2.07. The van der Waals surface area contributed by atoms with Crippen LogP contribution in [0.3, 0.4) is 0 Å². The Kier molecular flexibility index (Phi) is 5.71. The molecule has 2 aromatic rings. The molecule has 0 saturated heterocycles. The van der Waals surface area contributed by atoms with Gasteiger partial charge in [-0.15, -0.1) is 0 Å². The van der Waals surface area contributed by atoms with Gasteiger partial charge in [-0.2, -0.15) is 5.10 Å². The number of carboxylic acids is 1. The number of carbonyl (C=O) groups excluding carboxylic acids is 1. The molecule has 0 aliphatic carbocycles. The highest BCUT2D eigenvalue weighted by Crippen LogP contribution is 2.08. The van der Waals surface area contributed by atoms with Crippen molar-refractivity contribution < 1.29 is 14.7 Å². The molecule has 0 fully saturated rings. The number of nitrogens with one attached hydrogen (secondary N) is 1. The molecule has 0 bridgehead atoms. The maximum absolute atomic E-state index is 11.9. The van der Waals surface area contributed by atoms with E-state index in [1.165, 1.54) is 0 Å². The van der Waals surface area contributed by atoms with Crippen molar-refractivity contribution >= 4 is 17.6 Å². The third-order valence-electron chi connectivity index (χ3n) is 3.18. The van der Waals surface area contributed by atoms with Gasteiger partial charge in [0.2, 0.25) is 5.91 Å². The average molecular weight is 301 g/mol. The van der Waals surface area contributed by atoms with Crippen LogP contribution in [0.25, 0.3) is 0 Å². The first-order chi connectivity index (χ1) is 10.6. The van der Waals surface area contributed by atoms with E-state index in [4.69, 9.17) is 5.11 Å². The Hall–Kier alpha value is -2.63. The van der Waals surface area contributed by atoms with E-state index < -0.39 is 5.97 Å². The molecule has 22 heavy (non-hydrogen) atoms. The third kappa shape index (κ3) is 5.40. The van der Waals surface area contributed by atoms with Gasteiger partial charge in [-0.05, 0) is 18.4 Å². The summed E-state index contributed by atoms with van der Waals surface area (Å²) in [5.74, 6) is -0.879. The van der Waals surface area contributed by atoms with E-state index in [0.29, 0.717) is 31.5 Å². The van der Waals surface area contributed by atoms with Crippen molar-refractivity contribution in [2.45, 2.75) is 32.2 Å². The standard InChI is InChI=1S/C16H19N3O3/c20-15(9-8-13-5-2-1-3-6-13)18-14-11-17-19(12-14)10-4-7-16(21)22/h1-3,5-6,11-12H,4,7-10H2,(H,18,20)(H,21,22). The second-order valence-electron chi connectivity index (χ2n) is 5.02. The zero-order valence-corrected chi connectivity index (χ0v) is 12.2. The van der Waals surface area contributed by atoms with Gasteiger partial charge in [-0.1, -0.05) is 30.3 Å². The van der Waals surface area contributed by atoms with Crippen molar-refractivity contribution in [1.82, 2.24) is 9.78 Å². The van der Waals surface area contributed by atoms with E-state index in [1.54, 1.807) is 17.1 Å². The molecule has 1 aromatic carbocycles. The molecular weight excluding hydrogens is 282 g/mol. The topological polar surface area (TPSA) is 84.2 Å². The summed E-state index contributed by atoms with van der Waals surface area (Å²) in [7, 11) is 0. The number of rotatable bonds is 8. The van der Waals surface area contributed by atoms with Crippen LogP contribution in [0, 0.1) is 0 Å². The molecule has 1 aromatic heterocycles. The third-order valence-corrected chi connectivity index (χ3v) is 3.18. The quantitative estimate of drug-likeness (QED) is 0.783. The summed E-state index contributed by atoms with van der Waals surface area (Å²) in [6.45, 7) is 0.520. The van der Waals surface area contributed by atoms with Crippen LogP contribution < -0.4 is 5.32 Å². The van der Waals surface area contributed by atoms with Crippen LogP contribution in [-0.4, -0.2) is 26.8 Å². The second-order valence-corrected chi connectivity index (χ2v) is 5.02. The molecule has 0 saturated carbocycles. The number of benzene rings is 1. The van der Waals surface area contributed by atoms with Gasteiger partial charge in [0, 0.05) is 25.6 Å². The lowest BCUT2D eigenvalue weighted by atomic mass is 10.1. The van der Waals surface area contributed by atoms with Gasteiger partial charge < -0.3 is 10.4 Å². The number of hydrogen-bond acceptors (Lipinski definition) is 3. The average Bonchev–Trinajstić information content (AvgIpc) is 2.93. The van der Waals surface area contributed by atoms with Crippen LogP contribution in [0.15, 0.2) is 42.7 Å². The molecule has 2 N–H and O–H groups in total. The summed E-state index contributed by atoms with van der Waals surface area (Å²) in [5, 5.41) is 15.5. The predicted molar refractivity (Wildman–Crippen MR) is 82.5 cm³/mol. The van der Waals surface area contributed by atoms with Gasteiger partial charge in [0.25, 0.3) is 0 Å². The largest absolute Gasteiger partial charge is 0.481 e. The number of hydrogen-bond donors (Lipinski definition) is 2. The van der Waals surface area contributed by atoms with Crippen molar-refractivity contribution in [3.63, 3.8) is 0 Å². The van der Waals surface area contributed by atoms with Crippen LogP contribution in [0.2, 0.25) is 0 Å². The van der Waals surface area contributed by atoms with E-state index in [2.05, 4.69) is 10.4 Å². The first kappa shape index (κ1) is 15.8. The van der Waals surface area contributed by atoms with Crippen LogP contribution >= 0.6 is 0 Å². The minimum Gasteiger partial charge on any atom is -0.481 e. The molecule has 1 heterocycles. The molecule has 6 heteroatoms. The lowest BCUT2D eigenvalue weighted by molar-refractivity contribution is -0.137. The number of aliphatic carboxylic acids is 1. The molecular formula is C16H19N3O3. The zero-order valence-electron chi connectivity index (χ0n) is 12.2. The predicted octanol–water partition coefficient (Wildman–Crippen LogP) is 2.32. The van der Waals surface area contributed by atoms with E-state index >= 15 is 0 Å². The van der Waals surface area contributed by atoms with Crippen LogP contribution in [-0.2, 0) is 22.6 Å².